The minimum absolute atomic E-state index is 0.0256. The van der Waals surface area contributed by atoms with Crippen molar-refractivity contribution in [3.63, 3.8) is 0 Å². The number of unbranched alkanes of at least 4 members (excludes halogenated alkanes) is 15. The van der Waals surface area contributed by atoms with Crippen LogP contribution in [-0.2, 0) is 32.7 Å². The first-order chi connectivity index (χ1) is 24.0. The predicted molar refractivity (Wildman–Crippen MR) is 206 cm³/mol. The van der Waals surface area contributed by atoms with Crippen molar-refractivity contribution in [1.29, 1.82) is 0 Å². The van der Waals surface area contributed by atoms with Crippen molar-refractivity contribution in [1.82, 2.24) is 0 Å². The summed E-state index contributed by atoms with van der Waals surface area (Å²) in [6.07, 6.45) is 35.8. The highest BCUT2D eigenvalue weighted by Gasteiger charge is 2.27. The van der Waals surface area contributed by atoms with Gasteiger partial charge < -0.3 is 18.9 Å². The predicted octanol–water partition coefficient (Wildman–Crippen LogP) is 10.3. The van der Waals surface area contributed by atoms with E-state index in [1.807, 2.05) is 51.5 Å². The maximum absolute atomic E-state index is 12.6. The lowest BCUT2D eigenvalue weighted by Crippen LogP contribution is -2.37. The molecule has 10 heteroatoms. The van der Waals surface area contributed by atoms with E-state index in [2.05, 4.69) is 32.1 Å². The number of allylic oxidation sites excluding steroid dienone is 8. The van der Waals surface area contributed by atoms with Crippen molar-refractivity contribution in [3.05, 3.63) is 48.6 Å². The molecule has 50 heavy (non-hydrogen) atoms. The number of hydrogen-bond acceptors (Lipinski definition) is 7. The number of phosphoric ester groups is 1. The average molecular weight is 727 g/mol. The highest BCUT2D eigenvalue weighted by molar-refractivity contribution is 7.47. The van der Waals surface area contributed by atoms with Gasteiger partial charge in [-0.2, -0.15) is 0 Å². The van der Waals surface area contributed by atoms with Crippen molar-refractivity contribution >= 4 is 19.8 Å². The van der Waals surface area contributed by atoms with Gasteiger partial charge in [-0.05, 0) is 32.1 Å². The van der Waals surface area contributed by atoms with Gasteiger partial charge in [0.1, 0.15) is 19.8 Å². The van der Waals surface area contributed by atoms with Crippen LogP contribution in [0.3, 0.4) is 0 Å². The van der Waals surface area contributed by atoms with E-state index in [9.17, 15) is 19.0 Å². The lowest BCUT2D eigenvalue weighted by atomic mass is 10.1. The minimum Gasteiger partial charge on any atom is -0.462 e. The maximum Gasteiger partial charge on any atom is 0.472 e. The van der Waals surface area contributed by atoms with Crippen LogP contribution < -0.4 is 0 Å². The number of hydrogen-bond donors (Lipinski definition) is 1. The largest absolute Gasteiger partial charge is 0.472 e. The molecular formula is C40H73NO8P+. The summed E-state index contributed by atoms with van der Waals surface area (Å²) in [5.41, 5.74) is 0. The second-order valence-electron chi connectivity index (χ2n) is 14.0. The second-order valence-corrected chi connectivity index (χ2v) is 15.5. The lowest BCUT2D eigenvalue weighted by molar-refractivity contribution is -0.870. The number of quaternary nitrogens is 1. The van der Waals surface area contributed by atoms with Gasteiger partial charge in [0.15, 0.2) is 6.10 Å². The third kappa shape index (κ3) is 35.8. The van der Waals surface area contributed by atoms with Gasteiger partial charge in [0.25, 0.3) is 0 Å². The zero-order valence-corrected chi connectivity index (χ0v) is 33.3. The van der Waals surface area contributed by atoms with Gasteiger partial charge in [0.2, 0.25) is 0 Å². The number of esters is 2. The van der Waals surface area contributed by atoms with Gasteiger partial charge in [-0.25, -0.2) is 4.57 Å². The third-order valence-electron chi connectivity index (χ3n) is 7.97. The number of carbonyl (C=O) groups is 2. The molecule has 0 amide bonds. The first kappa shape index (κ1) is 48.0. The smallest absolute Gasteiger partial charge is 0.462 e. The van der Waals surface area contributed by atoms with Gasteiger partial charge in [-0.1, -0.05) is 146 Å². The monoisotopic (exact) mass is 727 g/mol. The average Bonchev–Trinajstić information content (AvgIpc) is 3.06. The van der Waals surface area contributed by atoms with E-state index in [1.54, 1.807) is 0 Å². The Morgan fingerprint density at radius 2 is 1.14 bits per heavy atom. The first-order valence-corrected chi connectivity index (χ1v) is 20.9. The lowest BCUT2D eigenvalue weighted by Gasteiger charge is -2.24. The molecule has 0 saturated carbocycles. The molecule has 0 aliphatic rings. The highest BCUT2D eigenvalue weighted by Crippen LogP contribution is 2.43. The van der Waals surface area contributed by atoms with E-state index >= 15 is 0 Å². The Morgan fingerprint density at radius 1 is 0.640 bits per heavy atom. The zero-order valence-electron chi connectivity index (χ0n) is 32.4. The maximum atomic E-state index is 12.6. The highest BCUT2D eigenvalue weighted by atomic mass is 31.2. The van der Waals surface area contributed by atoms with E-state index in [-0.39, 0.29) is 32.0 Å². The molecule has 0 aliphatic carbocycles. The van der Waals surface area contributed by atoms with Crippen LogP contribution in [0.15, 0.2) is 48.6 Å². The van der Waals surface area contributed by atoms with Crippen molar-refractivity contribution in [3.8, 4) is 0 Å². The Bertz CT molecular complexity index is 1000. The molecule has 2 unspecified atom stereocenters. The fourth-order valence-electron chi connectivity index (χ4n) is 4.91. The molecule has 0 spiro atoms. The fourth-order valence-corrected chi connectivity index (χ4v) is 5.65. The van der Waals surface area contributed by atoms with E-state index in [1.165, 1.54) is 51.4 Å². The van der Waals surface area contributed by atoms with Crippen molar-refractivity contribution in [2.24, 2.45) is 0 Å². The summed E-state index contributed by atoms with van der Waals surface area (Å²) in [4.78, 5) is 35.2. The number of nitrogens with zero attached hydrogens (tertiary/aromatic N) is 1. The van der Waals surface area contributed by atoms with Crippen LogP contribution in [0.1, 0.15) is 142 Å². The zero-order chi connectivity index (χ0) is 37.2. The number of rotatable bonds is 34. The quantitative estimate of drug-likeness (QED) is 0.0230. The fraction of sp³-hybridized carbons (Fsp3) is 0.750. The molecule has 0 fully saturated rings. The standard InChI is InChI=1S/C40H72NO8P/c1-6-8-10-12-14-16-18-19-20-21-23-25-27-29-31-33-40(43)49-38(37-48-50(44,45)47-35-34-41(3,4)5)36-46-39(42)32-30-28-26-24-22-17-15-13-11-9-7-2/h8,10,12,14,16,18-20,38H,6-7,9,11,13,15,17,21-37H2,1-5H3/p+1/b10-8+,14-12+,18-16+,20-19+. The normalized spacial score (nSPS) is 14.3. The Morgan fingerprint density at radius 3 is 1.70 bits per heavy atom. The molecule has 290 valence electrons. The molecule has 0 aromatic rings. The van der Waals surface area contributed by atoms with Crippen molar-refractivity contribution in [2.75, 3.05) is 47.5 Å². The van der Waals surface area contributed by atoms with Gasteiger partial charge >= 0.3 is 19.8 Å². The van der Waals surface area contributed by atoms with Crippen LogP contribution in [0.4, 0.5) is 0 Å². The van der Waals surface area contributed by atoms with Crippen molar-refractivity contribution in [2.45, 2.75) is 148 Å². The van der Waals surface area contributed by atoms with Crippen LogP contribution >= 0.6 is 7.82 Å². The Balaban J connectivity index is 4.49. The minimum atomic E-state index is -4.37. The number of likely N-dealkylation sites (N-methyl/N-ethyl adjacent to an activating group) is 1. The summed E-state index contributed by atoms with van der Waals surface area (Å²) in [6.45, 7) is 4.22. The summed E-state index contributed by atoms with van der Waals surface area (Å²) in [7, 11) is 1.45. The Hall–Kier alpha value is -2.03. The summed E-state index contributed by atoms with van der Waals surface area (Å²) in [5.74, 6) is -0.830. The van der Waals surface area contributed by atoms with E-state index < -0.39 is 26.5 Å². The Kier molecular flexibility index (Phi) is 31.5. The van der Waals surface area contributed by atoms with Crippen molar-refractivity contribution < 1.29 is 42.1 Å². The van der Waals surface area contributed by atoms with E-state index in [0.29, 0.717) is 17.4 Å². The van der Waals surface area contributed by atoms with Gasteiger partial charge in [0, 0.05) is 12.8 Å². The molecule has 1 N–H and O–H groups in total. The second kappa shape index (κ2) is 32.8. The van der Waals surface area contributed by atoms with Crippen LogP contribution in [0.5, 0.6) is 0 Å². The topological polar surface area (TPSA) is 108 Å². The van der Waals surface area contributed by atoms with Crippen LogP contribution in [0.25, 0.3) is 0 Å². The van der Waals surface area contributed by atoms with Crippen LogP contribution in [0.2, 0.25) is 0 Å². The summed E-state index contributed by atoms with van der Waals surface area (Å²) in [6, 6.07) is 0. The molecule has 0 radical (unpaired) electrons. The summed E-state index contributed by atoms with van der Waals surface area (Å²) in [5, 5.41) is 0. The van der Waals surface area contributed by atoms with Gasteiger partial charge in [0.05, 0.1) is 27.7 Å². The molecule has 0 rings (SSSR count). The third-order valence-corrected chi connectivity index (χ3v) is 8.95. The number of ether oxygens (including phenoxy) is 2. The molecule has 0 heterocycles. The molecule has 0 aliphatic heterocycles. The molecule has 0 aromatic carbocycles. The molecule has 0 saturated heterocycles. The van der Waals surface area contributed by atoms with E-state index in [4.69, 9.17) is 18.5 Å². The molecular weight excluding hydrogens is 653 g/mol. The van der Waals surface area contributed by atoms with E-state index in [0.717, 1.165) is 57.8 Å². The Labute approximate surface area is 305 Å². The first-order valence-electron chi connectivity index (χ1n) is 19.4. The number of phosphoric acid groups is 1. The number of carbonyl (C=O) groups excluding carboxylic acids is 2. The molecule has 2 atom stereocenters. The van der Waals surface area contributed by atoms with Gasteiger partial charge in [-0.3, -0.25) is 18.6 Å². The van der Waals surface area contributed by atoms with Crippen LogP contribution in [0, 0.1) is 0 Å². The molecule has 0 bridgehead atoms. The van der Waals surface area contributed by atoms with Gasteiger partial charge in [-0.15, -0.1) is 0 Å². The summed E-state index contributed by atoms with van der Waals surface area (Å²) >= 11 is 0. The van der Waals surface area contributed by atoms with Crippen LogP contribution in [-0.4, -0.2) is 74.9 Å². The summed E-state index contributed by atoms with van der Waals surface area (Å²) < 4.78 is 34.1. The SMILES string of the molecule is CC/C=C/C=C/C=C/C=C/CCCCCCCC(=O)OC(COC(=O)CCCCCCCCCCCCC)COP(=O)(O)OCC[N+](C)(C)C. The molecule has 9 nitrogen and oxygen atoms in total. The molecule has 0 aromatic heterocycles.